The van der Waals surface area contributed by atoms with Crippen LogP contribution in [0, 0.1) is 18.7 Å². The Morgan fingerprint density at radius 3 is 2.47 bits per heavy atom. The van der Waals surface area contributed by atoms with Gasteiger partial charge in [0, 0.05) is 22.9 Å². The molecule has 0 radical (unpaired) electrons. The van der Waals surface area contributed by atoms with Crippen LogP contribution >= 0.6 is 0 Å². The minimum absolute atomic E-state index is 0.0699. The molecule has 1 aromatic rings. The quantitative estimate of drug-likeness (QED) is 0.804. The van der Waals surface area contributed by atoms with Crippen LogP contribution in [0.4, 0.5) is 10.1 Å². The maximum atomic E-state index is 13.5. The minimum atomic E-state index is -0.444. The van der Waals surface area contributed by atoms with Crippen molar-refractivity contribution in [3.63, 3.8) is 0 Å². The number of nitrogen functional groups attached to an aromatic ring is 1. The van der Waals surface area contributed by atoms with E-state index < -0.39 is 5.82 Å². The van der Waals surface area contributed by atoms with Gasteiger partial charge in [0.05, 0.1) is 0 Å². The highest BCUT2D eigenvalue weighted by molar-refractivity contribution is 5.95. The average molecular weight is 266 g/mol. The molecule has 0 saturated carbocycles. The number of carbonyl (C=O) groups is 1. The molecule has 0 saturated heterocycles. The van der Waals surface area contributed by atoms with Crippen molar-refractivity contribution in [3.05, 3.63) is 29.1 Å². The minimum Gasteiger partial charge on any atom is -0.398 e. The fourth-order valence-electron chi connectivity index (χ4n) is 1.79. The van der Waals surface area contributed by atoms with E-state index in [1.54, 1.807) is 6.92 Å². The normalized spacial score (nSPS) is 12.5. The number of rotatable bonds is 5. The van der Waals surface area contributed by atoms with Crippen LogP contribution in [0.2, 0.25) is 0 Å². The summed E-state index contributed by atoms with van der Waals surface area (Å²) >= 11 is 0. The Labute approximate surface area is 114 Å². The van der Waals surface area contributed by atoms with Crippen molar-refractivity contribution in [3.8, 4) is 0 Å². The van der Waals surface area contributed by atoms with Gasteiger partial charge in [-0.3, -0.25) is 4.79 Å². The van der Waals surface area contributed by atoms with E-state index >= 15 is 0 Å². The predicted octanol–water partition coefficient (Wildman–Crippen LogP) is 3.27. The lowest BCUT2D eigenvalue weighted by Crippen LogP contribution is -2.32. The molecule has 0 aliphatic carbocycles. The molecule has 0 aliphatic rings. The van der Waals surface area contributed by atoms with E-state index in [1.165, 1.54) is 12.1 Å². The first kappa shape index (κ1) is 15.5. The Kier molecular flexibility index (Phi) is 5.33. The van der Waals surface area contributed by atoms with Gasteiger partial charge in [0.1, 0.15) is 5.82 Å². The van der Waals surface area contributed by atoms with Gasteiger partial charge in [0.15, 0.2) is 0 Å². The lowest BCUT2D eigenvalue weighted by Gasteiger charge is -2.15. The van der Waals surface area contributed by atoms with Crippen LogP contribution in [-0.2, 0) is 0 Å². The third kappa shape index (κ3) is 4.54. The standard InChI is InChI=1S/C15H23FN2O/c1-9(2)5-6-10(3)18-15(19)12-7-13(16)11(4)14(17)8-12/h7-10H,5-6,17H2,1-4H3,(H,18,19). The third-order valence-electron chi connectivity index (χ3n) is 3.20. The fourth-order valence-corrected chi connectivity index (χ4v) is 1.79. The molecule has 0 aliphatic heterocycles. The Balaban J connectivity index is 2.68. The monoisotopic (exact) mass is 266 g/mol. The Morgan fingerprint density at radius 1 is 1.32 bits per heavy atom. The Hall–Kier alpha value is -1.58. The molecule has 0 bridgehead atoms. The van der Waals surface area contributed by atoms with E-state index in [4.69, 9.17) is 5.73 Å². The van der Waals surface area contributed by atoms with Gasteiger partial charge in [0.2, 0.25) is 0 Å². The second kappa shape index (κ2) is 6.55. The van der Waals surface area contributed by atoms with E-state index in [-0.39, 0.29) is 17.5 Å². The summed E-state index contributed by atoms with van der Waals surface area (Å²) in [7, 11) is 0. The summed E-state index contributed by atoms with van der Waals surface area (Å²) in [6.45, 7) is 7.83. The van der Waals surface area contributed by atoms with E-state index in [9.17, 15) is 9.18 Å². The molecule has 0 heterocycles. The molecule has 0 fully saturated rings. The van der Waals surface area contributed by atoms with Gasteiger partial charge < -0.3 is 11.1 Å². The van der Waals surface area contributed by atoms with Crippen molar-refractivity contribution in [2.45, 2.75) is 46.6 Å². The summed E-state index contributed by atoms with van der Waals surface area (Å²) < 4.78 is 13.5. The van der Waals surface area contributed by atoms with Crippen LogP contribution in [-0.4, -0.2) is 11.9 Å². The number of nitrogens with two attached hydrogens (primary N) is 1. The topological polar surface area (TPSA) is 55.1 Å². The van der Waals surface area contributed by atoms with Gasteiger partial charge in [-0.1, -0.05) is 13.8 Å². The van der Waals surface area contributed by atoms with Crippen molar-refractivity contribution in [1.29, 1.82) is 0 Å². The van der Waals surface area contributed by atoms with E-state index in [1.807, 2.05) is 6.92 Å². The molecular weight excluding hydrogens is 243 g/mol. The van der Waals surface area contributed by atoms with E-state index in [2.05, 4.69) is 19.2 Å². The zero-order chi connectivity index (χ0) is 14.6. The molecule has 0 spiro atoms. The second-order valence-electron chi connectivity index (χ2n) is 5.52. The summed E-state index contributed by atoms with van der Waals surface area (Å²) in [5.41, 5.74) is 6.63. The van der Waals surface area contributed by atoms with Gasteiger partial charge in [-0.15, -0.1) is 0 Å². The van der Waals surface area contributed by atoms with Crippen LogP contribution in [0.15, 0.2) is 12.1 Å². The summed E-state index contributed by atoms with van der Waals surface area (Å²) in [4.78, 5) is 12.0. The average Bonchev–Trinajstić information content (AvgIpc) is 2.32. The number of hydrogen-bond donors (Lipinski definition) is 2. The number of amides is 1. The first-order valence-electron chi connectivity index (χ1n) is 6.67. The maximum Gasteiger partial charge on any atom is 0.251 e. The van der Waals surface area contributed by atoms with Gasteiger partial charge in [-0.05, 0) is 44.7 Å². The van der Waals surface area contributed by atoms with Crippen LogP contribution in [0.1, 0.15) is 49.5 Å². The van der Waals surface area contributed by atoms with E-state index in [0.717, 1.165) is 12.8 Å². The summed E-state index contributed by atoms with van der Waals surface area (Å²) in [6, 6.07) is 2.82. The zero-order valence-electron chi connectivity index (χ0n) is 12.1. The highest BCUT2D eigenvalue weighted by Crippen LogP contribution is 2.17. The SMILES string of the molecule is Cc1c(N)cc(C(=O)NC(C)CCC(C)C)cc1F. The molecule has 1 unspecified atom stereocenters. The molecule has 1 atom stereocenters. The van der Waals surface area contributed by atoms with Crippen LogP contribution in [0.25, 0.3) is 0 Å². The van der Waals surface area contributed by atoms with Gasteiger partial charge in [-0.2, -0.15) is 0 Å². The fraction of sp³-hybridized carbons (Fsp3) is 0.533. The zero-order valence-corrected chi connectivity index (χ0v) is 12.1. The molecule has 1 rings (SSSR count). The molecular formula is C15H23FN2O. The molecule has 3 N–H and O–H groups in total. The van der Waals surface area contributed by atoms with Gasteiger partial charge in [-0.25, -0.2) is 4.39 Å². The lowest BCUT2D eigenvalue weighted by atomic mass is 10.0. The number of hydrogen-bond acceptors (Lipinski definition) is 2. The summed E-state index contributed by atoms with van der Waals surface area (Å²) in [5.74, 6) is -0.117. The van der Waals surface area contributed by atoms with Crippen LogP contribution in [0.3, 0.4) is 0 Å². The predicted molar refractivity (Wildman–Crippen MR) is 76.5 cm³/mol. The number of carbonyl (C=O) groups excluding carboxylic acids is 1. The highest BCUT2D eigenvalue weighted by Gasteiger charge is 2.13. The molecule has 106 valence electrons. The number of benzene rings is 1. The van der Waals surface area contributed by atoms with Crippen molar-refractivity contribution in [2.75, 3.05) is 5.73 Å². The van der Waals surface area contributed by atoms with E-state index in [0.29, 0.717) is 17.2 Å². The maximum absolute atomic E-state index is 13.5. The number of anilines is 1. The van der Waals surface area contributed by atoms with Crippen LogP contribution in [0.5, 0.6) is 0 Å². The number of nitrogens with one attached hydrogen (secondary N) is 1. The molecule has 0 aromatic heterocycles. The molecule has 4 heteroatoms. The Bertz CT molecular complexity index is 434. The van der Waals surface area contributed by atoms with Crippen LogP contribution < -0.4 is 11.1 Å². The molecule has 1 amide bonds. The van der Waals surface area contributed by atoms with Gasteiger partial charge >= 0.3 is 0 Å². The van der Waals surface area contributed by atoms with Gasteiger partial charge in [0.25, 0.3) is 5.91 Å². The molecule has 1 aromatic carbocycles. The first-order chi connectivity index (χ1) is 8.81. The van der Waals surface area contributed by atoms with Crippen molar-refractivity contribution in [2.24, 2.45) is 5.92 Å². The largest absolute Gasteiger partial charge is 0.398 e. The third-order valence-corrected chi connectivity index (χ3v) is 3.20. The van der Waals surface area contributed by atoms with Crippen molar-refractivity contribution < 1.29 is 9.18 Å². The highest BCUT2D eigenvalue weighted by atomic mass is 19.1. The lowest BCUT2D eigenvalue weighted by molar-refractivity contribution is 0.0937. The first-order valence-corrected chi connectivity index (χ1v) is 6.67. The molecule has 19 heavy (non-hydrogen) atoms. The number of halogens is 1. The summed E-state index contributed by atoms with van der Waals surface area (Å²) in [5, 5.41) is 2.86. The second-order valence-corrected chi connectivity index (χ2v) is 5.52. The molecule has 3 nitrogen and oxygen atoms in total. The Morgan fingerprint density at radius 2 is 1.95 bits per heavy atom. The van der Waals surface area contributed by atoms with Crippen molar-refractivity contribution >= 4 is 11.6 Å². The smallest absolute Gasteiger partial charge is 0.251 e. The van der Waals surface area contributed by atoms with Crippen molar-refractivity contribution in [1.82, 2.24) is 5.32 Å². The summed E-state index contributed by atoms with van der Waals surface area (Å²) in [6.07, 6.45) is 1.96.